The van der Waals surface area contributed by atoms with Gasteiger partial charge in [-0.1, -0.05) is 13.0 Å². The lowest BCUT2D eigenvalue weighted by molar-refractivity contribution is 0.576. The zero-order valence-electron chi connectivity index (χ0n) is 6.18. The van der Waals surface area contributed by atoms with Crippen molar-refractivity contribution >= 4 is 11.8 Å². The third kappa shape index (κ3) is 1.75. The highest BCUT2D eigenvalue weighted by molar-refractivity contribution is 8.02. The minimum atomic E-state index is 0.841. The number of hydrogen-bond donors (Lipinski definition) is 0. The van der Waals surface area contributed by atoms with E-state index in [1.54, 1.807) is 4.91 Å². The second kappa shape index (κ2) is 3.31. The Balaban J connectivity index is 2.53. The Labute approximate surface area is 61.7 Å². The van der Waals surface area contributed by atoms with Crippen molar-refractivity contribution < 1.29 is 0 Å². The minimum absolute atomic E-state index is 0.841. The lowest BCUT2D eigenvalue weighted by atomic mass is 9.98. The first-order chi connectivity index (χ1) is 4.34. The quantitative estimate of drug-likeness (QED) is 0.542. The van der Waals surface area contributed by atoms with Crippen LogP contribution in [0.15, 0.2) is 11.0 Å². The summed E-state index contributed by atoms with van der Waals surface area (Å²) in [7, 11) is 0. The van der Waals surface area contributed by atoms with Gasteiger partial charge in [0, 0.05) is 0 Å². The Morgan fingerprint density at radius 3 is 2.89 bits per heavy atom. The predicted octanol–water partition coefficient (Wildman–Crippen LogP) is 3.05. The van der Waals surface area contributed by atoms with E-state index in [0.717, 1.165) is 5.92 Å². The van der Waals surface area contributed by atoms with Gasteiger partial charge in [0.2, 0.25) is 0 Å². The average molecular weight is 142 g/mol. The molecule has 0 saturated heterocycles. The normalized spacial score (nSPS) is 27.8. The van der Waals surface area contributed by atoms with Crippen molar-refractivity contribution in [3.05, 3.63) is 11.0 Å². The first-order valence-corrected chi connectivity index (χ1v) is 4.81. The maximum absolute atomic E-state index is 2.39. The first-order valence-electron chi connectivity index (χ1n) is 3.58. The molecule has 0 saturated carbocycles. The van der Waals surface area contributed by atoms with Gasteiger partial charge in [0.1, 0.15) is 0 Å². The molecule has 0 aromatic carbocycles. The number of allylic oxidation sites excluding steroid dienone is 2. The molecule has 1 heteroatoms. The van der Waals surface area contributed by atoms with Crippen molar-refractivity contribution in [2.45, 2.75) is 26.2 Å². The Bertz CT molecular complexity index is 116. The van der Waals surface area contributed by atoms with E-state index in [-0.39, 0.29) is 0 Å². The second-order valence-corrected chi connectivity index (χ2v) is 3.52. The molecule has 1 aliphatic carbocycles. The molecule has 52 valence electrons. The van der Waals surface area contributed by atoms with Gasteiger partial charge in [-0.25, -0.2) is 0 Å². The van der Waals surface area contributed by atoms with E-state index in [2.05, 4.69) is 19.3 Å². The van der Waals surface area contributed by atoms with Crippen LogP contribution < -0.4 is 0 Å². The molecule has 1 rings (SSSR count). The van der Waals surface area contributed by atoms with Gasteiger partial charge in [0.05, 0.1) is 0 Å². The summed E-state index contributed by atoms with van der Waals surface area (Å²) in [5.74, 6) is 0.841. The molecule has 0 fully saturated rings. The van der Waals surface area contributed by atoms with Gasteiger partial charge in [-0.15, -0.1) is 11.8 Å². The van der Waals surface area contributed by atoms with Crippen molar-refractivity contribution in [1.29, 1.82) is 0 Å². The average Bonchev–Trinajstić information content (AvgIpc) is 1.89. The molecular formula is C8H14S. The molecule has 0 nitrogen and oxygen atoms in total. The second-order valence-electron chi connectivity index (χ2n) is 2.64. The van der Waals surface area contributed by atoms with Gasteiger partial charge in [0.15, 0.2) is 0 Å². The zero-order chi connectivity index (χ0) is 6.69. The number of rotatable bonds is 1. The standard InChI is InChI=1S/C8H14S/c1-7-5-3-4-6-8(7)9-2/h6-7H,3-5H2,1-2H3. The van der Waals surface area contributed by atoms with Crippen molar-refractivity contribution in [2.24, 2.45) is 5.92 Å². The SMILES string of the molecule is CSC1=CCCCC1C. The zero-order valence-corrected chi connectivity index (χ0v) is 7.00. The number of thioether (sulfide) groups is 1. The van der Waals surface area contributed by atoms with Crippen LogP contribution in [0.25, 0.3) is 0 Å². The molecule has 0 heterocycles. The van der Waals surface area contributed by atoms with Crippen molar-refractivity contribution in [1.82, 2.24) is 0 Å². The summed E-state index contributed by atoms with van der Waals surface area (Å²) in [6.07, 6.45) is 8.66. The summed E-state index contributed by atoms with van der Waals surface area (Å²) in [5, 5.41) is 0. The Morgan fingerprint density at radius 2 is 2.44 bits per heavy atom. The van der Waals surface area contributed by atoms with E-state index >= 15 is 0 Å². The van der Waals surface area contributed by atoms with Crippen LogP contribution >= 0.6 is 11.8 Å². The van der Waals surface area contributed by atoms with E-state index in [1.807, 2.05) is 11.8 Å². The summed E-state index contributed by atoms with van der Waals surface area (Å²) in [4.78, 5) is 1.60. The molecule has 0 N–H and O–H groups in total. The smallest absolute Gasteiger partial charge is 0.0134 e. The summed E-state index contributed by atoms with van der Waals surface area (Å²) in [5.41, 5.74) is 0. The van der Waals surface area contributed by atoms with Crippen LogP contribution in [-0.4, -0.2) is 6.26 Å². The van der Waals surface area contributed by atoms with E-state index in [0.29, 0.717) is 0 Å². The van der Waals surface area contributed by atoms with Crippen LogP contribution in [0.1, 0.15) is 26.2 Å². The molecule has 0 bridgehead atoms. The Kier molecular flexibility index (Phi) is 2.65. The van der Waals surface area contributed by atoms with Crippen LogP contribution in [0.4, 0.5) is 0 Å². The van der Waals surface area contributed by atoms with Crippen molar-refractivity contribution in [2.75, 3.05) is 6.26 Å². The maximum atomic E-state index is 2.39. The van der Waals surface area contributed by atoms with Crippen LogP contribution in [0.3, 0.4) is 0 Å². The fourth-order valence-corrected chi connectivity index (χ4v) is 2.10. The Hall–Kier alpha value is 0.0900. The molecule has 9 heavy (non-hydrogen) atoms. The largest absolute Gasteiger partial charge is 0.134 e. The summed E-state index contributed by atoms with van der Waals surface area (Å²) in [6.45, 7) is 2.32. The van der Waals surface area contributed by atoms with Gasteiger partial charge in [-0.3, -0.25) is 0 Å². The number of hydrogen-bond acceptors (Lipinski definition) is 1. The van der Waals surface area contributed by atoms with E-state index in [4.69, 9.17) is 0 Å². The van der Waals surface area contributed by atoms with Crippen LogP contribution in [0, 0.1) is 5.92 Å². The molecule has 0 aromatic rings. The van der Waals surface area contributed by atoms with E-state index in [9.17, 15) is 0 Å². The molecule has 1 atom stereocenters. The first kappa shape index (κ1) is 7.20. The lowest BCUT2D eigenvalue weighted by Crippen LogP contribution is -2.00. The molecule has 0 aromatic heterocycles. The fraction of sp³-hybridized carbons (Fsp3) is 0.750. The molecule has 0 aliphatic heterocycles. The fourth-order valence-electron chi connectivity index (χ4n) is 1.30. The van der Waals surface area contributed by atoms with E-state index < -0.39 is 0 Å². The Morgan fingerprint density at radius 1 is 1.67 bits per heavy atom. The summed E-state index contributed by atoms with van der Waals surface area (Å²) in [6, 6.07) is 0. The van der Waals surface area contributed by atoms with Crippen LogP contribution in [0.2, 0.25) is 0 Å². The van der Waals surface area contributed by atoms with Crippen LogP contribution in [0.5, 0.6) is 0 Å². The third-order valence-corrected chi connectivity index (χ3v) is 2.95. The van der Waals surface area contributed by atoms with Gasteiger partial charge in [-0.05, 0) is 36.3 Å². The van der Waals surface area contributed by atoms with Crippen molar-refractivity contribution in [3.8, 4) is 0 Å². The highest BCUT2D eigenvalue weighted by atomic mass is 32.2. The van der Waals surface area contributed by atoms with Crippen LogP contribution in [-0.2, 0) is 0 Å². The summed E-state index contributed by atoms with van der Waals surface area (Å²) < 4.78 is 0. The minimum Gasteiger partial charge on any atom is -0.134 e. The highest BCUT2D eigenvalue weighted by Gasteiger charge is 2.10. The maximum Gasteiger partial charge on any atom is -0.0134 e. The monoisotopic (exact) mass is 142 g/mol. The molecule has 0 spiro atoms. The molecular weight excluding hydrogens is 128 g/mol. The van der Waals surface area contributed by atoms with Gasteiger partial charge >= 0.3 is 0 Å². The lowest BCUT2D eigenvalue weighted by Gasteiger charge is -2.17. The predicted molar refractivity (Wildman–Crippen MR) is 44.6 cm³/mol. The molecule has 1 aliphatic rings. The topological polar surface area (TPSA) is 0 Å². The van der Waals surface area contributed by atoms with Gasteiger partial charge < -0.3 is 0 Å². The van der Waals surface area contributed by atoms with Gasteiger partial charge in [-0.2, -0.15) is 0 Å². The third-order valence-electron chi connectivity index (χ3n) is 1.91. The van der Waals surface area contributed by atoms with E-state index in [1.165, 1.54) is 19.3 Å². The highest BCUT2D eigenvalue weighted by Crippen LogP contribution is 2.30. The van der Waals surface area contributed by atoms with Crippen molar-refractivity contribution in [3.63, 3.8) is 0 Å². The molecule has 0 radical (unpaired) electrons. The van der Waals surface area contributed by atoms with Gasteiger partial charge in [0.25, 0.3) is 0 Å². The summed E-state index contributed by atoms with van der Waals surface area (Å²) >= 11 is 1.91. The molecule has 0 amide bonds. The molecule has 1 unspecified atom stereocenters.